The molecule has 1 aromatic rings. The highest BCUT2D eigenvalue weighted by Gasteiger charge is 2.01. The molecule has 0 aliphatic carbocycles. The van der Waals surface area contributed by atoms with Gasteiger partial charge in [-0.15, -0.1) is 0 Å². The lowest BCUT2D eigenvalue weighted by Gasteiger charge is -2.08. The van der Waals surface area contributed by atoms with Crippen LogP contribution in [0.15, 0.2) is 18.2 Å². The molecule has 1 aromatic carbocycles. The van der Waals surface area contributed by atoms with Gasteiger partial charge in [0.25, 0.3) is 0 Å². The molecule has 0 aliphatic heterocycles. The molecule has 0 radical (unpaired) electrons. The van der Waals surface area contributed by atoms with Crippen LogP contribution in [-0.2, 0) is 6.42 Å². The first-order valence-electron chi connectivity index (χ1n) is 4.92. The topological polar surface area (TPSA) is 32.3 Å². The SMILES string of the molecule is C[C@@H](O)CNCCc1ccc(Cl)cc1Cl. The quantitative estimate of drug-likeness (QED) is 0.785. The Bertz CT molecular complexity index is 315. The van der Waals surface area contributed by atoms with Crippen LogP contribution in [0.5, 0.6) is 0 Å². The molecule has 0 aliphatic rings. The molecule has 1 atom stereocenters. The Morgan fingerprint density at radius 3 is 2.73 bits per heavy atom. The van der Waals surface area contributed by atoms with Gasteiger partial charge < -0.3 is 10.4 Å². The van der Waals surface area contributed by atoms with E-state index in [1.165, 1.54) is 0 Å². The fourth-order valence-electron chi connectivity index (χ4n) is 1.26. The average molecular weight is 248 g/mol. The van der Waals surface area contributed by atoms with Gasteiger partial charge in [-0.05, 0) is 37.6 Å². The van der Waals surface area contributed by atoms with E-state index >= 15 is 0 Å². The Morgan fingerprint density at radius 2 is 2.13 bits per heavy atom. The van der Waals surface area contributed by atoms with Gasteiger partial charge in [-0.3, -0.25) is 0 Å². The molecule has 0 aromatic heterocycles. The molecule has 2 nitrogen and oxygen atoms in total. The highest BCUT2D eigenvalue weighted by atomic mass is 35.5. The summed E-state index contributed by atoms with van der Waals surface area (Å²) >= 11 is 11.8. The summed E-state index contributed by atoms with van der Waals surface area (Å²) in [7, 11) is 0. The van der Waals surface area contributed by atoms with Crippen LogP contribution in [0.4, 0.5) is 0 Å². The van der Waals surface area contributed by atoms with Crippen molar-refractivity contribution >= 4 is 23.2 Å². The van der Waals surface area contributed by atoms with Gasteiger partial charge in [0.1, 0.15) is 0 Å². The van der Waals surface area contributed by atoms with Crippen LogP contribution >= 0.6 is 23.2 Å². The molecule has 0 saturated heterocycles. The van der Waals surface area contributed by atoms with E-state index in [9.17, 15) is 0 Å². The summed E-state index contributed by atoms with van der Waals surface area (Å²) in [5.74, 6) is 0. The number of hydrogen-bond acceptors (Lipinski definition) is 2. The predicted molar refractivity (Wildman–Crippen MR) is 64.7 cm³/mol. The Morgan fingerprint density at radius 1 is 1.40 bits per heavy atom. The van der Waals surface area contributed by atoms with E-state index in [0.717, 1.165) is 18.5 Å². The van der Waals surface area contributed by atoms with Gasteiger partial charge in [-0.1, -0.05) is 29.3 Å². The van der Waals surface area contributed by atoms with Gasteiger partial charge in [-0.25, -0.2) is 0 Å². The second-order valence-corrected chi connectivity index (χ2v) is 4.38. The fourth-order valence-corrected chi connectivity index (χ4v) is 1.76. The summed E-state index contributed by atoms with van der Waals surface area (Å²) in [4.78, 5) is 0. The van der Waals surface area contributed by atoms with E-state index < -0.39 is 0 Å². The molecule has 2 N–H and O–H groups in total. The van der Waals surface area contributed by atoms with Crippen LogP contribution in [0.1, 0.15) is 12.5 Å². The molecule has 0 amide bonds. The Hall–Kier alpha value is -0.280. The number of nitrogens with one attached hydrogen (secondary N) is 1. The van der Waals surface area contributed by atoms with Gasteiger partial charge in [0.15, 0.2) is 0 Å². The van der Waals surface area contributed by atoms with E-state index in [1.54, 1.807) is 13.0 Å². The average Bonchev–Trinajstić information content (AvgIpc) is 2.14. The summed E-state index contributed by atoms with van der Waals surface area (Å²) in [5, 5.41) is 13.5. The Kier molecular flexibility index (Phi) is 5.40. The third kappa shape index (κ3) is 4.85. The summed E-state index contributed by atoms with van der Waals surface area (Å²) < 4.78 is 0. The lowest BCUT2D eigenvalue weighted by atomic mass is 10.1. The summed E-state index contributed by atoms with van der Waals surface area (Å²) in [6, 6.07) is 5.50. The first kappa shape index (κ1) is 12.8. The lowest BCUT2D eigenvalue weighted by Crippen LogP contribution is -2.26. The second-order valence-electron chi connectivity index (χ2n) is 3.54. The van der Waals surface area contributed by atoms with Crippen molar-refractivity contribution < 1.29 is 5.11 Å². The maximum atomic E-state index is 9.03. The van der Waals surface area contributed by atoms with Gasteiger partial charge >= 0.3 is 0 Å². The van der Waals surface area contributed by atoms with Crippen molar-refractivity contribution in [2.75, 3.05) is 13.1 Å². The molecule has 4 heteroatoms. The molecular formula is C11H15Cl2NO. The predicted octanol–water partition coefficient (Wildman–Crippen LogP) is 2.51. The molecule has 1 rings (SSSR count). The highest BCUT2D eigenvalue weighted by molar-refractivity contribution is 6.35. The van der Waals surface area contributed by atoms with Crippen molar-refractivity contribution in [2.24, 2.45) is 0 Å². The van der Waals surface area contributed by atoms with Crippen molar-refractivity contribution in [1.29, 1.82) is 0 Å². The van der Waals surface area contributed by atoms with Crippen molar-refractivity contribution in [3.63, 3.8) is 0 Å². The van der Waals surface area contributed by atoms with E-state index in [1.807, 2.05) is 12.1 Å². The highest BCUT2D eigenvalue weighted by Crippen LogP contribution is 2.20. The minimum absolute atomic E-state index is 0.314. The van der Waals surface area contributed by atoms with E-state index in [2.05, 4.69) is 5.32 Å². The van der Waals surface area contributed by atoms with Crippen molar-refractivity contribution in [1.82, 2.24) is 5.32 Å². The number of benzene rings is 1. The third-order valence-corrected chi connectivity index (χ3v) is 2.61. The molecular weight excluding hydrogens is 233 g/mol. The smallest absolute Gasteiger partial charge is 0.0636 e. The van der Waals surface area contributed by atoms with Crippen LogP contribution in [0.25, 0.3) is 0 Å². The number of rotatable bonds is 5. The Labute approximate surface area is 100 Å². The van der Waals surface area contributed by atoms with E-state index in [-0.39, 0.29) is 6.10 Å². The normalized spacial score (nSPS) is 12.8. The molecule has 0 spiro atoms. The zero-order valence-corrected chi connectivity index (χ0v) is 10.1. The van der Waals surface area contributed by atoms with Gasteiger partial charge in [-0.2, -0.15) is 0 Å². The zero-order chi connectivity index (χ0) is 11.3. The van der Waals surface area contributed by atoms with Crippen LogP contribution in [0.2, 0.25) is 10.0 Å². The minimum Gasteiger partial charge on any atom is -0.392 e. The second kappa shape index (κ2) is 6.33. The molecule has 84 valence electrons. The third-order valence-electron chi connectivity index (χ3n) is 2.03. The Balaban J connectivity index is 2.37. The summed E-state index contributed by atoms with van der Waals surface area (Å²) in [6.07, 6.45) is 0.522. The fraction of sp³-hybridized carbons (Fsp3) is 0.455. The maximum Gasteiger partial charge on any atom is 0.0636 e. The van der Waals surface area contributed by atoms with Crippen LogP contribution < -0.4 is 5.32 Å². The van der Waals surface area contributed by atoms with E-state index in [4.69, 9.17) is 28.3 Å². The lowest BCUT2D eigenvalue weighted by molar-refractivity contribution is 0.191. The molecule has 0 bridgehead atoms. The van der Waals surface area contributed by atoms with Crippen molar-refractivity contribution in [3.05, 3.63) is 33.8 Å². The summed E-state index contributed by atoms with van der Waals surface area (Å²) in [6.45, 7) is 3.15. The summed E-state index contributed by atoms with van der Waals surface area (Å²) in [5.41, 5.74) is 1.07. The number of aliphatic hydroxyl groups is 1. The van der Waals surface area contributed by atoms with Gasteiger partial charge in [0, 0.05) is 16.6 Å². The molecule has 0 unspecified atom stereocenters. The number of hydrogen-bond donors (Lipinski definition) is 2. The number of aliphatic hydroxyl groups excluding tert-OH is 1. The van der Waals surface area contributed by atoms with Gasteiger partial charge in [0.2, 0.25) is 0 Å². The minimum atomic E-state index is -0.314. The molecule has 0 fully saturated rings. The van der Waals surface area contributed by atoms with Gasteiger partial charge in [0.05, 0.1) is 6.10 Å². The molecule has 0 saturated carbocycles. The largest absolute Gasteiger partial charge is 0.392 e. The zero-order valence-electron chi connectivity index (χ0n) is 8.63. The molecule has 0 heterocycles. The van der Waals surface area contributed by atoms with Crippen LogP contribution in [0.3, 0.4) is 0 Å². The maximum absolute atomic E-state index is 9.03. The number of halogens is 2. The first-order chi connectivity index (χ1) is 7.09. The van der Waals surface area contributed by atoms with Crippen molar-refractivity contribution in [3.8, 4) is 0 Å². The monoisotopic (exact) mass is 247 g/mol. The van der Waals surface area contributed by atoms with Crippen LogP contribution in [0, 0.1) is 0 Å². The molecule has 15 heavy (non-hydrogen) atoms. The first-order valence-corrected chi connectivity index (χ1v) is 5.68. The van der Waals surface area contributed by atoms with Crippen molar-refractivity contribution in [2.45, 2.75) is 19.4 Å². The van der Waals surface area contributed by atoms with Crippen LogP contribution in [-0.4, -0.2) is 24.3 Å². The standard InChI is InChI=1S/C11H15Cl2NO/c1-8(15)7-14-5-4-9-2-3-10(12)6-11(9)13/h2-3,6,8,14-15H,4-5,7H2,1H3/t8-/m1/s1. The van der Waals surface area contributed by atoms with E-state index in [0.29, 0.717) is 16.6 Å².